The predicted molar refractivity (Wildman–Crippen MR) is 71.3 cm³/mol. The summed E-state index contributed by atoms with van der Waals surface area (Å²) in [6, 6.07) is 9.50. The summed E-state index contributed by atoms with van der Waals surface area (Å²) in [7, 11) is 3.39. The van der Waals surface area contributed by atoms with Crippen molar-refractivity contribution in [1.29, 1.82) is 0 Å². The number of nitrogens with one attached hydrogen (secondary N) is 2. The van der Waals surface area contributed by atoms with E-state index in [-0.39, 0.29) is 18.4 Å². The molecule has 0 aliphatic heterocycles. The monoisotopic (exact) mass is 249 g/mol. The first-order chi connectivity index (χ1) is 8.59. The number of benzene rings is 1. The molecule has 18 heavy (non-hydrogen) atoms. The molecule has 1 rings (SSSR count). The van der Waals surface area contributed by atoms with Gasteiger partial charge in [-0.05, 0) is 12.1 Å². The van der Waals surface area contributed by atoms with Crippen LogP contribution < -0.4 is 10.6 Å². The molecule has 0 radical (unpaired) electrons. The van der Waals surface area contributed by atoms with Gasteiger partial charge < -0.3 is 15.5 Å². The SMILES string of the molecule is CN(C)C(=O)CCNC(=O)CNc1ccccc1. The smallest absolute Gasteiger partial charge is 0.239 e. The molecular formula is C13H19N3O2. The molecule has 0 heterocycles. The molecular weight excluding hydrogens is 230 g/mol. The van der Waals surface area contributed by atoms with E-state index >= 15 is 0 Å². The second-order valence-electron chi connectivity index (χ2n) is 4.11. The van der Waals surface area contributed by atoms with Crippen LogP contribution in [-0.4, -0.2) is 43.9 Å². The van der Waals surface area contributed by atoms with Gasteiger partial charge in [0, 0.05) is 32.7 Å². The largest absolute Gasteiger partial charge is 0.376 e. The molecule has 0 saturated heterocycles. The molecule has 5 heteroatoms. The van der Waals surface area contributed by atoms with Crippen molar-refractivity contribution in [2.75, 3.05) is 32.5 Å². The van der Waals surface area contributed by atoms with Crippen molar-refractivity contribution in [3.05, 3.63) is 30.3 Å². The molecule has 1 aromatic rings. The van der Waals surface area contributed by atoms with E-state index in [1.165, 1.54) is 4.90 Å². The molecule has 0 aliphatic carbocycles. The molecule has 0 aromatic heterocycles. The minimum absolute atomic E-state index is 0.00585. The van der Waals surface area contributed by atoms with Gasteiger partial charge in [-0.3, -0.25) is 9.59 Å². The fourth-order valence-corrected chi connectivity index (χ4v) is 1.33. The summed E-state index contributed by atoms with van der Waals surface area (Å²) < 4.78 is 0. The van der Waals surface area contributed by atoms with Gasteiger partial charge in [-0.25, -0.2) is 0 Å². The van der Waals surface area contributed by atoms with Gasteiger partial charge in [0.05, 0.1) is 6.54 Å². The van der Waals surface area contributed by atoms with Crippen molar-refractivity contribution in [2.24, 2.45) is 0 Å². The number of carbonyl (C=O) groups is 2. The Morgan fingerprint density at radius 2 is 1.83 bits per heavy atom. The van der Waals surface area contributed by atoms with Crippen LogP contribution in [0, 0.1) is 0 Å². The Kier molecular flexibility index (Phi) is 5.70. The molecule has 0 unspecified atom stereocenters. The normalized spacial score (nSPS) is 9.67. The van der Waals surface area contributed by atoms with E-state index in [1.807, 2.05) is 30.3 Å². The summed E-state index contributed by atoms with van der Waals surface area (Å²) in [6.45, 7) is 0.576. The molecule has 0 bridgehead atoms. The Hall–Kier alpha value is -2.04. The number of para-hydroxylation sites is 1. The summed E-state index contributed by atoms with van der Waals surface area (Å²) >= 11 is 0. The number of nitrogens with zero attached hydrogens (tertiary/aromatic N) is 1. The highest BCUT2D eigenvalue weighted by Crippen LogP contribution is 2.03. The molecule has 0 spiro atoms. The van der Waals surface area contributed by atoms with E-state index in [0.29, 0.717) is 13.0 Å². The Morgan fingerprint density at radius 3 is 2.44 bits per heavy atom. The van der Waals surface area contributed by atoms with Crippen LogP contribution in [0.1, 0.15) is 6.42 Å². The van der Waals surface area contributed by atoms with Gasteiger partial charge in [-0.15, -0.1) is 0 Å². The highest BCUT2D eigenvalue weighted by Gasteiger charge is 2.05. The quantitative estimate of drug-likeness (QED) is 0.780. The molecule has 0 saturated carbocycles. The van der Waals surface area contributed by atoms with Crippen LogP contribution in [0.3, 0.4) is 0 Å². The molecule has 2 N–H and O–H groups in total. The lowest BCUT2D eigenvalue weighted by Crippen LogP contribution is -2.33. The minimum atomic E-state index is -0.120. The first-order valence-electron chi connectivity index (χ1n) is 5.85. The summed E-state index contributed by atoms with van der Waals surface area (Å²) in [6.07, 6.45) is 0.323. The van der Waals surface area contributed by atoms with Crippen LogP contribution in [0.5, 0.6) is 0 Å². The van der Waals surface area contributed by atoms with Crippen molar-refractivity contribution in [3.8, 4) is 0 Å². The van der Waals surface area contributed by atoms with Gasteiger partial charge in [0.25, 0.3) is 0 Å². The van der Waals surface area contributed by atoms with E-state index in [1.54, 1.807) is 14.1 Å². The van der Waals surface area contributed by atoms with Crippen LogP contribution in [0.25, 0.3) is 0 Å². The zero-order chi connectivity index (χ0) is 13.4. The van der Waals surface area contributed by atoms with Crippen molar-refractivity contribution in [2.45, 2.75) is 6.42 Å². The zero-order valence-corrected chi connectivity index (χ0v) is 10.8. The minimum Gasteiger partial charge on any atom is -0.376 e. The molecule has 1 aromatic carbocycles. The van der Waals surface area contributed by atoms with E-state index in [0.717, 1.165) is 5.69 Å². The van der Waals surface area contributed by atoms with Gasteiger partial charge in [0.1, 0.15) is 0 Å². The molecule has 98 valence electrons. The lowest BCUT2D eigenvalue weighted by Gasteiger charge is -2.11. The Morgan fingerprint density at radius 1 is 1.17 bits per heavy atom. The van der Waals surface area contributed by atoms with Crippen LogP contribution in [0.15, 0.2) is 30.3 Å². The van der Waals surface area contributed by atoms with E-state index in [2.05, 4.69) is 10.6 Å². The fraction of sp³-hybridized carbons (Fsp3) is 0.385. The predicted octanol–water partition coefficient (Wildman–Crippen LogP) is 0.693. The molecule has 0 fully saturated rings. The first-order valence-corrected chi connectivity index (χ1v) is 5.85. The van der Waals surface area contributed by atoms with Gasteiger partial charge in [0.15, 0.2) is 0 Å². The number of hydrogen-bond donors (Lipinski definition) is 2. The van der Waals surface area contributed by atoms with Crippen LogP contribution in [0.2, 0.25) is 0 Å². The van der Waals surface area contributed by atoms with Crippen LogP contribution >= 0.6 is 0 Å². The first kappa shape index (κ1) is 14.0. The second kappa shape index (κ2) is 7.32. The Bertz CT molecular complexity index is 390. The molecule has 2 amide bonds. The number of hydrogen-bond acceptors (Lipinski definition) is 3. The summed E-state index contributed by atoms with van der Waals surface area (Å²) in [5.74, 6) is -0.114. The van der Waals surface area contributed by atoms with Gasteiger partial charge >= 0.3 is 0 Å². The third-order valence-corrected chi connectivity index (χ3v) is 2.39. The van der Waals surface area contributed by atoms with E-state index in [9.17, 15) is 9.59 Å². The number of anilines is 1. The maximum Gasteiger partial charge on any atom is 0.239 e. The molecule has 5 nitrogen and oxygen atoms in total. The summed E-state index contributed by atoms with van der Waals surface area (Å²) in [4.78, 5) is 24.2. The number of carbonyl (C=O) groups excluding carboxylic acids is 2. The Labute approximate surface area is 107 Å². The third-order valence-electron chi connectivity index (χ3n) is 2.39. The topological polar surface area (TPSA) is 61.4 Å². The van der Waals surface area contributed by atoms with E-state index in [4.69, 9.17) is 0 Å². The maximum atomic E-state index is 11.5. The third kappa shape index (κ3) is 5.34. The molecule has 0 atom stereocenters. The molecule has 0 aliphatic rings. The standard InChI is InChI=1S/C13H19N3O2/c1-16(2)13(18)8-9-14-12(17)10-15-11-6-4-3-5-7-11/h3-7,15H,8-10H2,1-2H3,(H,14,17). The Balaban J connectivity index is 2.17. The lowest BCUT2D eigenvalue weighted by molar-refractivity contribution is -0.128. The van der Waals surface area contributed by atoms with Crippen molar-refractivity contribution in [3.63, 3.8) is 0 Å². The summed E-state index contributed by atoms with van der Waals surface area (Å²) in [5.41, 5.74) is 0.900. The van der Waals surface area contributed by atoms with Gasteiger partial charge in [0.2, 0.25) is 11.8 Å². The highest BCUT2D eigenvalue weighted by molar-refractivity contribution is 5.81. The average molecular weight is 249 g/mol. The summed E-state index contributed by atoms with van der Waals surface area (Å²) in [5, 5.41) is 5.69. The second-order valence-corrected chi connectivity index (χ2v) is 4.11. The number of amides is 2. The van der Waals surface area contributed by atoms with Crippen molar-refractivity contribution < 1.29 is 9.59 Å². The lowest BCUT2D eigenvalue weighted by atomic mass is 10.3. The van der Waals surface area contributed by atoms with Gasteiger partial charge in [-0.2, -0.15) is 0 Å². The van der Waals surface area contributed by atoms with E-state index < -0.39 is 0 Å². The number of rotatable bonds is 6. The van der Waals surface area contributed by atoms with Crippen LogP contribution in [0.4, 0.5) is 5.69 Å². The maximum absolute atomic E-state index is 11.5. The zero-order valence-electron chi connectivity index (χ0n) is 10.8. The van der Waals surface area contributed by atoms with Gasteiger partial charge in [-0.1, -0.05) is 18.2 Å². The van der Waals surface area contributed by atoms with Crippen molar-refractivity contribution in [1.82, 2.24) is 10.2 Å². The van der Waals surface area contributed by atoms with Crippen LogP contribution in [-0.2, 0) is 9.59 Å². The van der Waals surface area contributed by atoms with Crippen molar-refractivity contribution >= 4 is 17.5 Å². The fourth-order valence-electron chi connectivity index (χ4n) is 1.33. The average Bonchev–Trinajstić information content (AvgIpc) is 2.37. The highest BCUT2D eigenvalue weighted by atomic mass is 16.2.